The van der Waals surface area contributed by atoms with Crippen molar-refractivity contribution in [2.24, 2.45) is 5.92 Å². The van der Waals surface area contributed by atoms with Crippen molar-refractivity contribution in [2.45, 2.75) is 43.9 Å². The van der Waals surface area contributed by atoms with E-state index in [1.54, 1.807) is 0 Å². The molecule has 0 fully saturated rings. The number of nitriles is 2. The number of hydrogen-bond acceptors (Lipinski definition) is 3. The standard InChI is InChI=1S/C42H31N3S/c1-41(2)33-22-38-32(21-34(33)42(3)18-7-6-13-39(41)42)31-20-26(15-17-37(31)46-38)28-11-8-9-27(24-44)40(28)45-35-12-5-4-10-29(35)30-19-25(23-43)14-16-36(30)45/h4-10,12-22,28,39H,11H2,1-3H3. The maximum absolute atomic E-state index is 10.5. The number of hydrogen-bond donors (Lipinski definition) is 0. The van der Waals surface area contributed by atoms with E-state index in [-0.39, 0.29) is 16.7 Å². The lowest BCUT2D eigenvalue weighted by molar-refractivity contribution is 0.324. The van der Waals surface area contributed by atoms with Gasteiger partial charge in [0.15, 0.2) is 0 Å². The highest BCUT2D eigenvalue weighted by Crippen LogP contribution is 2.58. The van der Waals surface area contributed by atoms with Crippen molar-refractivity contribution >= 4 is 59.0 Å². The number of thiophene rings is 1. The van der Waals surface area contributed by atoms with Crippen molar-refractivity contribution in [3.8, 4) is 12.1 Å². The molecule has 0 saturated heterocycles. The number of allylic oxidation sites excluding steroid dienone is 8. The van der Waals surface area contributed by atoms with Gasteiger partial charge in [-0.3, -0.25) is 0 Å². The van der Waals surface area contributed by atoms with Gasteiger partial charge >= 0.3 is 0 Å². The van der Waals surface area contributed by atoms with E-state index in [4.69, 9.17) is 0 Å². The summed E-state index contributed by atoms with van der Waals surface area (Å²) in [6.07, 6.45) is 14.1. The molecule has 2 aromatic heterocycles. The molecule has 3 aliphatic carbocycles. The molecular formula is C42H31N3S. The molecule has 0 aliphatic heterocycles. The van der Waals surface area contributed by atoms with Crippen LogP contribution >= 0.6 is 11.3 Å². The second-order valence-corrected chi connectivity index (χ2v) is 14.9. The monoisotopic (exact) mass is 609 g/mol. The third-order valence-electron chi connectivity index (χ3n) is 11.0. The van der Waals surface area contributed by atoms with E-state index >= 15 is 0 Å². The number of para-hydroxylation sites is 1. The molecule has 0 saturated carbocycles. The molecular weight excluding hydrogens is 579 g/mol. The van der Waals surface area contributed by atoms with E-state index < -0.39 is 0 Å². The molecule has 3 aliphatic rings. The first-order chi connectivity index (χ1) is 22.3. The Morgan fingerprint density at radius 1 is 0.783 bits per heavy atom. The Balaban J connectivity index is 1.26. The van der Waals surface area contributed by atoms with Gasteiger partial charge in [-0.1, -0.05) is 75.4 Å². The summed E-state index contributed by atoms with van der Waals surface area (Å²) in [5, 5.41) is 24.8. The number of fused-ring (bicyclic) bond motifs is 9. The minimum absolute atomic E-state index is 0.00433. The fourth-order valence-corrected chi connectivity index (χ4v) is 9.97. The molecule has 0 N–H and O–H groups in total. The Kier molecular flexibility index (Phi) is 5.57. The summed E-state index contributed by atoms with van der Waals surface area (Å²) in [5.41, 5.74) is 8.51. The number of nitrogens with zero attached hydrogens (tertiary/aromatic N) is 3. The van der Waals surface area contributed by atoms with Crippen LogP contribution in [0.15, 0.2) is 115 Å². The Hall–Kier alpha value is -5.16. The molecule has 2 heterocycles. The van der Waals surface area contributed by atoms with Crippen LogP contribution in [0.25, 0.3) is 47.7 Å². The molecule has 0 spiro atoms. The molecule has 0 amide bonds. The quantitative estimate of drug-likeness (QED) is 0.196. The van der Waals surface area contributed by atoms with Crippen LogP contribution in [0.3, 0.4) is 0 Å². The minimum atomic E-state index is -0.0264. The van der Waals surface area contributed by atoms with E-state index in [1.165, 1.54) is 36.9 Å². The van der Waals surface area contributed by atoms with Crippen molar-refractivity contribution < 1.29 is 0 Å². The van der Waals surface area contributed by atoms with Crippen LogP contribution in [0.5, 0.6) is 0 Å². The lowest BCUT2D eigenvalue weighted by Crippen LogP contribution is -2.33. The van der Waals surface area contributed by atoms with Gasteiger partial charge in [0.2, 0.25) is 0 Å². The fourth-order valence-electron chi connectivity index (χ4n) is 8.86. The third-order valence-corrected chi connectivity index (χ3v) is 12.1. The van der Waals surface area contributed by atoms with E-state index in [2.05, 4.69) is 116 Å². The van der Waals surface area contributed by atoms with Crippen LogP contribution < -0.4 is 0 Å². The molecule has 46 heavy (non-hydrogen) atoms. The maximum atomic E-state index is 10.5. The predicted octanol–water partition coefficient (Wildman–Crippen LogP) is 10.8. The van der Waals surface area contributed by atoms with Crippen LogP contribution in [0.2, 0.25) is 0 Å². The average Bonchev–Trinajstić information content (AvgIpc) is 3.66. The van der Waals surface area contributed by atoms with Crippen LogP contribution in [0.1, 0.15) is 55.4 Å². The van der Waals surface area contributed by atoms with Crippen LogP contribution in [0, 0.1) is 28.6 Å². The molecule has 4 heteroatoms. The molecule has 3 nitrogen and oxygen atoms in total. The molecule has 0 radical (unpaired) electrons. The largest absolute Gasteiger partial charge is 0.311 e. The van der Waals surface area contributed by atoms with Gasteiger partial charge < -0.3 is 4.57 Å². The van der Waals surface area contributed by atoms with Crippen LogP contribution in [-0.4, -0.2) is 4.57 Å². The van der Waals surface area contributed by atoms with Gasteiger partial charge in [0.1, 0.15) is 6.07 Å². The molecule has 9 rings (SSSR count). The van der Waals surface area contributed by atoms with Crippen molar-refractivity contribution in [3.63, 3.8) is 0 Å². The first-order valence-electron chi connectivity index (χ1n) is 15.9. The second-order valence-electron chi connectivity index (χ2n) is 13.8. The maximum Gasteiger partial charge on any atom is 0.101 e. The van der Waals surface area contributed by atoms with Crippen LogP contribution in [0.4, 0.5) is 0 Å². The first-order valence-corrected chi connectivity index (χ1v) is 16.8. The summed E-state index contributed by atoms with van der Waals surface area (Å²) < 4.78 is 4.90. The van der Waals surface area contributed by atoms with E-state index in [1.807, 2.05) is 41.7 Å². The highest BCUT2D eigenvalue weighted by atomic mass is 32.1. The Morgan fingerprint density at radius 2 is 1.61 bits per heavy atom. The van der Waals surface area contributed by atoms with Crippen molar-refractivity contribution in [3.05, 3.63) is 137 Å². The highest BCUT2D eigenvalue weighted by molar-refractivity contribution is 7.25. The van der Waals surface area contributed by atoms with Gasteiger partial charge in [0.05, 0.1) is 28.2 Å². The van der Waals surface area contributed by atoms with Crippen molar-refractivity contribution in [2.75, 3.05) is 0 Å². The first kappa shape index (κ1) is 27.2. The predicted molar refractivity (Wildman–Crippen MR) is 191 cm³/mol. The summed E-state index contributed by atoms with van der Waals surface area (Å²) in [7, 11) is 0. The van der Waals surface area contributed by atoms with Gasteiger partial charge in [-0.15, -0.1) is 11.3 Å². The summed E-state index contributed by atoms with van der Waals surface area (Å²) >= 11 is 1.88. The molecule has 6 aromatic rings. The third kappa shape index (κ3) is 3.51. The number of aromatic nitrogens is 1. The minimum Gasteiger partial charge on any atom is -0.311 e. The van der Waals surface area contributed by atoms with E-state index in [9.17, 15) is 10.5 Å². The van der Waals surface area contributed by atoms with Gasteiger partial charge in [0, 0.05) is 48.0 Å². The van der Waals surface area contributed by atoms with E-state index in [0.717, 1.165) is 33.9 Å². The summed E-state index contributed by atoms with van der Waals surface area (Å²) in [5.74, 6) is 0.426. The smallest absolute Gasteiger partial charge is 0.101 e. The molecule has 220 valence electrons. The zero-order valence-electron chi connectivity index (χ0n) is 26.0. The summed E-state index contributed by atoms with van der Waals surface area (Å²) in [6, 6.07) is 30.9. The Labute approximate surface area is 272 Å². The molecule has 0 bridgehead atoms. The zero-order chi connectivity index (χ0) is 31.4. The van der Waals surface area contributed by atoms with Gasteiger partial charge in [-0.2, -0.15) is 10.5 Å². The second kappa shape index (κ2) is 9.43. The summed E-state index contributed by atoms with van der Waals surface area (Å²) in [4.78, 5) is 0. The van der Waals surface area contributed by atoms with Gasteiger partial charge in [-0.05, 0) is 89.1 Å². The highest BCUT2D eigenvalue weighted by Gasteiger charge is 2.51. The molecule has 3 unspecified atom stereocenters. The van der Waals surface area contributed by atoms with Crippen LogP contribution in [-0.2, 0) is 10.8 Å². The number of rotatable bonds is 2. The molecule has 4 aromatic carbocycles. The Morgan fingerprint density at radius 3 is 2.46 bits per heavy atom. The van der Waals surface area contributed by atoms with Gasteiger partial charge in [0.25, 0.3) is 0 Å². The fraction of sp³-hybridized carbons (Fsp3) is 0.190. The van der Waals surface area contributed by atoms with Gasteiger partial charge in [-0.25, -0.2) is 0 Å². The van der Waals surface area contributed by atoms with Crippen molar-refractivity contribution in [1.82, 2.24) is 4.57 Å². The molecule has 3 atom stereocenters. The Bertz CT molecular complexity index is 2530. The normalized spacial score (nSPS) is 22.9. The topological polar surface area (TPSA) is 52.5 Å². The van der Waals surface area contributed by atoms with Crippen molar-refractivity contribution in [1.29, 1.82) is 10.5 Å². The summed E-state index contributed by atoms with van der Waals surface area (Å²) in [6.45, 7) is 7.20. The number of benzene rings is 4. The zero-order valence-corrected chi connectivity index (χ0v) is 26.8. The lowest BCUT2D eigenvalue weighted by Gasteiger charge is -2.36. The van der Waals surface area contributed by atoms with E-state index in [0.29, 0.717) is 17.1 Å². The lowest BCUT2D eigenvalue weighted by atomic mass is 9.67. The SMILES string of the molecule is CC1(C)c2cc3sc4ccc(C5CC=CC(C#N)=C5n5c6ccccc6c6cc(C#N)ccc65)cc4c3cc2C2(C)C=CC=CC12. The average molecular weight is 610 g/mol.